The topological polar surface area (TPSA) is 87.2 Å². The summed E-state index contributed by atoms with van der Waals surface area (Å²) in [7, 11) is 0. The van der Waals surface area contributed by atoms with Gasteiger partial charge in [0.2, 0.25) is 11.9 Å². The first-order chi connectivity index (χ1) is 13.1. The Hall–Kier alpha value is -2.67. The van der Waals surface area contributed by atoms with Gasteiger partial charge in [0, 0.05) is 26.2 Å². The molecule has 0 radical (unpaired) electrons. The number of benzene rings is 1. The number of rotatable bonds is 7. The lowest BCUT2D eigenvalue weighted by Gasteiger charge is -2.16. The highest BCUT2D eigenvalue weighted by Crippen LogP contribution is 2.19. The van der Waals surface area contributed by atoms with Crippen LogP contribution in [0.15, 0.2) is 36.5 Å². The molecule has 1 aliphatic heterocycles. The van der Waals surface area contributed by atoms with Crippen molar-refractivity contribution in [1.29, 1.82) is 0 Å². The molecule has 0 unspecified atom stereocenters. The average Bonchev–Trinajstić information content (AvgIpc) is 3.21. The molecule has 27 heavy (non-hydrogen) atoms. The Labute approximate surface area is 163 Å². The quantitative estimate of drug-likeness (QED) is 0.707. The molecule has 0 aliphatic carbocycles. The maximum atomic E-state index is 12.4. The first-order valence-corrected chi connectivity index (χ1v) is 9.37. The van der Waals surface area contributed by atoms with Crippen molar-refractivity contribution in [3.8, 4) is 0 Å². The monoisotopic (exact) mass is 387 g/mol. The van der Waals surface area contributed by atoms with Crippen LogP contribution in [0.2, 0.25) is 5.02 Å². The number of carbonyl (C=O) groups excluding carboxylic acids is 2. The number of anilines is 1. The minimum absolute atomic E-state index is 0.0909. The smallest absolute Gasteiger partial charge is 0.271 e. The van der Waals surface area contributed by atoms with Crippen LogP contribution in [0.5, 0.6) is 0 Å². The third-order valence-electron chi connectivity index (χ3n) is 4.28. The van der Waals surface area contributed by atoms with Crippen LogP contribution in [-0.4, -0.2) is 48.0 Å². The fourth-order valence-electron chi connectivity index (χ4n) is 2.89. The van der Waals surface area contributed by atoms with Crippen LogP contribution in [0.25, 0.3) is 0 Å². The fourth-order valence-corrected chi connectivity index (χ4v) is 3.07. The predicted molar refractivity (Wildman–Crippen MR) is 104 cm³/mol. The van der Waals surface area contributed by atoms with Crippen LogP contribution in [0.3, 0.4) is 0 Å². The highest BCUT2D eigenvalue weighted by molar-refractivity contribution is 6.33. The van der Waals surface area contributed by atoms with E-state index in [1.165, 1.54) is 6.20 Å². The third kappa shape index (κ3) is 5.40. The Morgan fingerprint density at radius 2 is 1.78 bits per heavy atom. The van der Waals surface area contributed by atoms with Gasteiger partial charge in [-0.15, -0.1) is 0 Å². The highest BCUT2D eigenvalue weighted by atomic mass is 35.5. The van der Waals surface area contributed by atoms with E-state index in [0.717, 1.165) is 31.5 Å². The lowest BCUT2D eigenvalue weighted by molar-refractivity contribution is -0.120. The van der Waals surface area contributed by atoms with E-state index in [-0.39, 0.29) is 22.5 Å². The summed E-state index contributed by atoms with van der Waals surface area (Å²) in [6.45, 7) is 2.39. The van der Waals surface area contributed by atoms with Crippen molar-refractivity contribution in [1.82, 2.24) is 20.6 Å². The Morgan fingerprint density at radius 1 is 1.07 bits per heavy atom. The summed E-state index contributed by atoms with van der Waals surface area (Å²) in [5, 5.41) is 5.72. The van der Waals surface area contributed by atoms with Gasteiger partial charge >= 0.3 is 0 Å². The van der Waals surface area contributed by atoms with Crippen LogP contribution in [0.4, 0.5) is 5.95 Å². The minimum Gasteiger partial charge on any atom is -0.354 e. The first kappa shape index (κ1) is 19.1. The van der Waals surface area contributed by atoms with Crippen LogP contribution >= 0.6 is 11.6 Å². The van der Waals surface area contributed by atoms with Crippen molar-refractivity contribution in [2.24, 2.45) is 0 Å². The van der Waals surface area contributed by atoms with Crippen molar-refractivity contribution in [2.45, 2.75) is 19.3 Å². The molecule has 1 aromatic heterocycles. The summed E-state index contributed by atoms with van der Waals surface area (Å²) in [5.74, 6) is 0.0604. The van der Waals surface area contributed by atoms with E-state index in [2.05, 4.69) is 20.6 Å². The standard InChI is InChI=1S/C19H22ClN5O2/c20-15-13-23-19(25-10-4-5-11-25)24-17(15)18(27)22-9-8-21-16(26)12-14-6-2-1-3-7-14/h1-3,6-7,13H,4-5,8-12H2,(H,21,26)(H,22,27). The second-order valence-electron chi connectivity index (χ2n) is 6.33. The molecule has 0 saturated carbocycles. The molecule has 8 heteroatoms. The SMILES string of the molecule is O=C(Cc1ccccc1)NCCNC(=O)c1nc(N2CCCC2)ncc1Cl. The molecule has 0 atom stereocenters. The number of amides is 2. The van der Waals surface area contributed by atoms with Gasteiger partial charge in [-0.3, -0.25) is 9.59 Å². The first-order valence-electron chi connectivity index (χ1n) is 9.00. The van der Waals surface area contributed by atoms with E-state index >= 15 is 0 Å². The molecule has 142 valence electrons. The number of halogens is 1. The summed E-state index contributed by atoms with van der Waals surface area (Å²) in [4.78, 5) is 34.8. The van der Waals surface area contributed by atoms with Crippen molar-refractivity contribution >= 4 is 29.4 Å². The normalized spacial score (nSPS) is 13.4. The second-order valence-corrected chi connectivity index (χ2v) is 6.74. The molecular weight excluding hydrogens is 366 g/mol. The Kier molecular flexibility index (Phi) is 6.59. The molecule has 2 N–H and O–H groups in total. The minimum atomic E-state index is -0.375. The zero-order chi connectivity index (χ0) is 19.1. The van der Waals surface area contributed by atoms with Gasteiger partial charge in [-0.05, 0) is 18.4 Å². The number of nitrogens with one attached hydrogen (secondary N) is 2. The van der Waals surface area contributed by atoms with E-state index in [1.54, 1.807) is 0 Å². The molecule has 2 aromatic rings. The summed E-state index contributed by atoms with van der Waals surface area (Å²) < 4.78 is 0. The molecular formula is C19H22ClN5O2. The Morgan fingerprint density at radius 3 is 2.52 bits per heavy atom. The van der Waals surface area contributed by atoms with Gasteiger partial charge in [-0.1, -0.05) is 41.9 Å². The van der Waals surface area contributed by atoms with Crippen LogP contribution in [-0.2, 0) is 11.2 Å². The van der Waals surface area contributed by atoms with E-state index in [1.807, 2.05) is 35.2 Å². The van der Waals surface area contributed by atoms with Gasteiger partial charge in [0.25, 0.3) is 5.91 Å². The molecule has 2 amide bonds. The molecule has 1 fully saturated rings. The number of carbonyl (C=O) groups is 2. The highest BCUT2D eigenvalue weighted by Gasteiger charge is 2.19. The maximum absolute atomic E-state index is 12.4. The zero-order valence-electron chi connectivity index (χ0n) is 14.9. The average molecular weight is 388 g/mol. The number of hydrogen-bond acceptors (Lipinski definition) is 5. The molecule has 1 aliphatic rings. The van der Waals surface area contributed by atoms with E-state index in [4.69, 9.17) is 11.6 Å². The second kappa shape index (κ2) is 9.32. The number of nitrogens with zero attached hydrogens (tertiary/aromatic N) is 3. The maximum Gasteiger partial charge on any atom is 0.271 e. The Bertz CT molecular complexity index is 794. The van der Waals surface area contributed by atoms with E-state index < -0.39 is 0 Å². The van der Waals surface area contributed by atoms with Crippen molar-refractivity contribution in [3.63, 3.8) is 0 Å². The van der Waals surface area contributed by atoms with E-state index in [9.17, 15) is 9.59 Å². The summed E-state index contributed by atoms with van der Waals surface area (Å²) in [5.41, 5.74) is 1.10. The fraction of sp³-hybridized carbons (Fsp3) is 0.368. The third-order valence-corrected chi connectivity index (χ3v) is 4.55. The van der Waals surface area contributed by atoms with Gasteiger partial charge in [0.05, 0.1) is 17.6 Å². The van der Waals surface area contributed by atoms with Gasteiger partial charge in [0.1, 0.15) is 0 Å². The van der Waals surface area contributed by atoms with Gasteiger partial charge in [-0.25, -0.2) is 9.97 Å². The summed E-state index contributed by atoms with van der Waals surface area (Å²) in [6, 6.07) is 9.49. The van der Waals surface area contributed by atoms with Gasteiger partial charge in [0.15, 0.2) is 5.69 Å². The molecule has 1 saturated heterocycles. The number of hydrogen-bond donors (Lipinski definition) is 2. The molecule has 1 aromatic carbocycles. The lowest BCUT2D eigenvalue weighted by atomic mass is 10.1. The molecule has 2 heterocycles. The van der Waals surface area contributed by atoms with Gasteiger partial charge in [-0.2, -0.15) is 0 Å². The zero-order valence-corrected chi connectivity index (χ0v) is 15.7. The Balaban J connectivity index is 1.46. The molecule has 3 rings (SSSR count). The van der Waals surface area contributed by atoms with Crippen molar-refractivity contribution in [3.05, 3.63) is 52.8 Å². The number of aromatic nitrogens is 2. The summed E-state index contributed by atoms with van der Waals surface area (Å²) >= 11 is 6.08. The van der Waals surface area contributed by atoms with Crippen molar-refractivity contribution < 1.29 is 9.59 Å². The van der Waals surface area contributed by atoms with Crippen LogP contribution < -0.4 is 15.5 Å². The lowest BCUT2D eigenvalue weighted by Crippen LogP contribution is -2.36. The molecule has 0 spiro atoms. The molecule has 7 nitrogen and oxygen atoms in total. The molecule has 0 bridgehead atoms. The largest absolute Gasteiger partial charge is 0.354 e. The summed E-state index contributed by atoms with van der Waals surface area (Å²) in [6.07, 6.45) is 3.96. The van der Waals surface area contributed by atoms with Crippen LogP contribution in [0.1, 0.15) is 28.9 Å². The van der Waals surface area contributed by atoms with Gasteiger partial charge < -0.3 is 15.5 Å². The van der Waals surface area contributed by atoms with Crippen LogP contribution in [0, 0.1) is 0 Å². The van der Waals surface area contributed by atoms with E-state index in [0.29, 0.717) is 25.5 Å². The van der Waals surface area contributed by atoms with Crippen molar-refractivity contribution in [2.75, 3.05) is 31.1 Å². The predicted octanol–water partition coefficient (Wildman–Crippen LogP) is 1.82.